The van der Waals surface area contributed by atoms with Gasteiger partial charge in [0, 0.05) is 4.92 Å². The summed E-state index contributed by atoms with van der Waals surface area (Å²) in [4.78, 5) is 9.53. The number of oxime groups is 1. The van der Waals surface area contributed by atoms with E-state index in [4.69, 9.17) is 5.21 Å². The molecule has 0 radical (unpaired) electrons. The number of nitrogens with zero attached hydrogens (tertiary/aromatic N) is 2. The highest BCUT2D eigenvalue weighted by Gasteiger charge is 2.31. The number of hydrogen-bond acceptors (Lipinski definition) is 4. The van der Waals surface area contributed by atoms with Crippen LogP contribution in [0.25, 0.3) is 0 Å². The molecule has 1 N–H and O–H groups in total. The molecule has 0 heterocycles. The normalized spacial score (nSPS) is 13.1. The van der Waals surface area contributed by atoms with E-state index in [9.17, 15) is 14.5 Å². The highest BCUT2D eigenvalue weighted by Crippen LogP contribution is 2.18. The van der Waals surface area contributed by atoms with Crippen molar-refractivity contribution in [2.45, 2.75) is 13.8 Å². The molecule has 0 aromatic carbocycles. The van der Waals surface area contributed by atoms with Gasteiger partial charge < -0.3 is 5.21 Å². The Bertz CT molecular complexity index is 203. The second-order valence-corrected chi connectivity index (χ2v) is 3.06. The Morgan fingerprint density at radius 2 is 2.25 bits per heavy atom. The summed E-state index contributed by atoms with van der Waals surface area (Å²) in [7, 11) is 0. The quantitative estimate of drug-likeness (QED) is 0.303. The lowest BCUT2D eigenvalue weighted by atomic mass is 9.88. The molecule has 0 amide bonds. The lowest BCUT2D eigenvalue weighted by Crippen LogP contribution is -2.33. The smallest absolute Gasteiger partial charge is 0.214 e. The van der Waals surface area contributed by atoms with Gasteiger partial charge in [-0.3, -0.25) is 10.1 Å². The van der Waals surface area contributed by atoms with Crippen LogP contribution in [-0.4, -0.2) is 29.1 Å². The summed E-state index contributed by atoms with van der Waals surface area (Å²) in [5, 5.41) is 21.1. The molecule has 0 spiro atoms. The summed E-state index contributed by atoms with van der Waals surface area (Å²) in [5.41, 5.74) is -1.24. The van der Waals surface area contributed by atoms with Gasteiger partial charge in [0.05, 0.1) is 5.41 Å². The highest BCUT2D eigenvalue weighted by molar-refractivity contribution is 5.90. The molecule has 0 aliphatic carbocycles. The summed E-state index contributed by atoms with van der Waals surface area (Å²) in [6, 6.07) is 0. The number of alkyl halides is 1. The predicted octanol–water partition coefficient (Wildman–Crippen LogP) is 1.09. The molecule has 5 nitrogen and oxygen atoms in total. The SMILES string of the molecule is CC(C)(C[N+](=O)[O-])/C(CF)=N\O. The van der Waals surface area contributed by atoms with E-state index < -0.39 is 23.6 Å². The van der Waals surface area contributed by atoms with Crippen LogP contribution < -0.4 is 0 Å². The zero-order valence-electron chi connectivity index (χ0n) is 6.95. The van der Waals surface area contributed by atoms with Crippen molar-refractivity contribution in [1.29, 1.82) is 0 Å². The van der Waals surface area contributed by atoms with E-state index in [1.54, 1.807) is 0 Å². The topological polar surface area (TPSA) is 75.7 Å². The van der Waals surface area contributed by atoms with E-state index in [0.717, 1.165) is 0 Å². The zero-order valence-corrected chi connectivity index (χ0v) is 6.95. The van der Waals surface area contributed by atoms with Crippen molar-refractivity contribution in [3.8, 4) is 0 Å². The van der Waals surface area contributed by atoms with E-state index in [1.165, 1.54) is 13.8 Å². The maximum absolute atomic E-state index is 12.1. The van der Waals surface area contributed by atoms with Crippen LogP contribution in [0.15, 0.2) is 5.16 Å². The first-order valence-corrected chi connectivity index (χ1v) is 3.33. The maximum atomic E-state index is 12.1. The summed E-state index contributed by atoms with van der Waals surface area (Å²) >= 11 is 0. The highest BCUT2D eigenvalue weighted by atomic mass is 19.1. The van der Waals surface area contributed by atoms with Crippen LogP contribution in [0, 0.1) is 15.5 Å². The van der Waals surface area contributed by atoms with Gasteiger partial charge in [-0.25, -0.2) is 4.39 Å². The van der Waals surface area contributed by atoms with Gasteiger partial charge in [-0.05, 0) is 13.8 Å². The third-order valence-corrected chi connectivity index (χ3v) is 1.55. The summed E-state index contributed by atoms with van der Waals surface area (Å²) in [6.45, 7) is 1.47. The molecule has 0 unspecified atom stereocenters. The lowest BCUT2D eigenvalue weighted by Gasteiger charge is -2.18. The van der Waals surface area contributed by atoms with Crippen molar-refractivity contribution in [2.24, 2.45) is 10.6 Å². The molecular weight excluding hydrogens is 167 g/mol. The van der Waals surface area contributed by atoms with Crippen molar-refractivity contribution in [3.63, 3.8) is 0 Å². The third-order valence-electron chi connectivity index (χ3n) is 1.55. The molecule has 0 rings (SSSR count). The molecular formula is C6H11FN2O3. The van der Waals surface area contributed by atoms with Crippen molar-refractivity contribution in [3.05, 3.63) is 10.1 Å². The second-order valence-electron chi connectivity index (χ2n) is 3.06. The van der Waals surface area contributed by atoms with Gasteiger partial charge in [-0.2, -0.15) is 0 Å². The minimum absolute atomic E-state index is 0.209. The Kier molecular flexibility index (Phi) is 3.59. The molecule has 0 aliphatic rings. The predicted molar refractivity (Wildman–Crippen MR) is 40.8 cm³/mol. The van der Waals surface area contributed by atoms with Crippen LogP contribution >= 0.6 is 0 Å². The number of halogens is 1. The van der Waals surface area contributed by atoms with Crippen molar-refractivity contribution in [2.75, 3.05) is 13.2 Å². The van der Waals surface area contributed by atoms with Gasteiger partial charge in [-0.1, -0.05) is 5.16 Å². The van der Waals surface area contributed by atoms with Gasteiger partial charge >= 0.3 is 0 Å². The Labute approximate surface area is 69.0 Å². The first-order valence-electron chi connectivity index (χ1n) is 3.33. The standard InChI is InChI=1S/C6H11FN2O3/c1-6(2,4-9(11)12)5(3-7)8-10/h10H,3-4H2,1-2H3/b8-5-. The fraction of sp³-hybridized carbons (Fsp3) is 0.833. The van der Waals surface area contributed by atoms with E-state index in [0.29, 0.717) is 0 Å². The van der Waals surface area contributed by atoms with Crippen LogP contribution in [0.3, 0.4) is 0 Å². The molecule has 12 heavy (non-hydrogen) atoms. The Hall–Kier alpha value is -1.20. The molecule has 0 aromatic heterocycles. The van der Waals surface area contributed by atoms with E-state index in [2.05, 4.69) is 5.16 Å². The molecule has 0 atom stereocenters. The molecule has 0 saturated heterocycles. The number of rotatable bonds is 4. The van der Waals surface area contributed by atoms with Gasteiger partial charge in [0.15, 0.2) is 0 Å². The first-order chi connectivity index (χ1) is 5.44. The minimum atomic E-state index is -1.03. The average Bonchev–Trinajstić information content (AvgIpc) is 1.85. The van der Waals surface area contributed by atoms with Gasteiger partial charge in [-0.15, -0.1) is 0 Å². The largest absolute Gasteiger partial charge is 0.411 e. The lowest BCUT2D eigenvalue weighted by molar-refractivity contribution is -0.491. The minimum Gasteiger partial charge on any atom is -0.411 e. The Morgan fingerprint density at radius 3 is 2.50 bits per heavy atom. The maximum Gasteiger partial charge on any atom is 0.214 e. The molecule has 0 bridgehead atoms. The van der Waals surface area contributed by atoms with Gasteiger partial charge in [0.1, 0.15) is 12.4 Å². The molecule has 6 heteroatoms. The van der Waals surface area contributed by atoms with Crippen molar-refractivity contribution >= 4 is 5.71 Å². The summed E-state index contributed by atoms with van der Waals surface area (Å²) < 4.78 is 12.1. The average molecular weight is 178 g/mol. The molecule has 0 saturated carbocycles. The van der Waals surface area contributed by atoms with Crippen LogP contribution in [0.1, 0.15) is 13.8 Å². The number of nitro groups is 1. The molecule has 0 aromatic rings. The number of hydrogen-bond donors (Lipinski definition) is 1. The first kappa shape index (κ1) is 10.8. The van der Waals surface area contributed by atoms with E-state index in [-0.39, 0.29) is 5.71 Å². The zero-order chi connectivity index (χ0) is 9.78. The molecule has 70 valence electrons. The van der Waals surface area contributed by atoms with Crippen LogP contribution in [-0.2, 0) is 0 Å². The van der Waals surface area contributed by atoms with Crippen molar-refractivity contribution in [1.82, 2.24) is 0 Å². The monoisotopic (exact) mass is 178 g/mol. The van der Waals surface area contributed by atoms with E-state index >= 15 is 0 Å². The van der Waals surface area contributed by atoms with Crippen molar-refractivity contribution < 1.29 is 14.5 Å². The van der Waals surface area contributed by atoms with Gasteiger partial charge in [0.25, 0.3) is 0 Å². The van der Waals surface area contributed by atoms with Gasteiger partial charge in [0.2, 0.25) is 6.54 Å². The summed E-state index contributed by atoms with van der Waals surface area (Å²) in [5.74, 6) is 0. The van der Waals surface area contributed by atoms with Crippen LogP contribution in [0.4, 0.5) is 4.39 Å². The van der Waals surface area contributed by atoms with E-state index in [1.807, 2.05) is 0 Å². The third kappa shape index (κ3) is 2.81. The molecule has 0 fully saturated rings. The Morgan fingerprint density at radius 1 is 1.75 bits per heavy atom. The molecule has 0 aliphatic heterocycles. The Balaban J connectivity index is 4.47. The van der Waals surface area contributed by atoms with Crippen LogP contribution in [0.2, 0.25) is 0 Å². The summed E-state index contributed by atoms with van der Waals surface area (Å²) in [6.07, 6.45) is 0. The van der Waals surface area contributed by atoms with Crippen LogP contribution in [0.5, 0.6) is 0 Å². The fourth-order valence-corrected chi connectivity index (χ4v) is 0.757. The second kappa shape index (κ2) is 3.99. The fourth-order valence-electron chi connectivity index (χ4n) is 0.757.